The molecule has 136 valence electrons. The maximum atomic E-state index is 12.3. The maximum Gasteiger partial charge on any atom is 0.442 e. The summed E-state index contributed by atoms with van der Waals surface area (Å²) in [7, 11) is -4.70. The summed E-state index contributed by atoms with van der Waals surface area (Å²) in [4.78, 5) is 11.0. The van der Waals surface area contributed by atoms with Gasteiger partial charge in [0.05, 0.1) is 4.90 Å². The van der Waals surface area contributed by atoms with Gasteiger partial charge in [0.15, 0.2) is 0 Å². The maximum absolute atomic E-state index is 12.3. The standard InChI is InChI=1S/C12H13F3O8S/c1-6(5-11(18,19)12(13,14)15)23-10(17)8-4-7(24(20,21)22)2-3-9(8)16/h2-4,6,16,18-19H,5H2,1H3,(H,20,21,22). The summed E-state index contributed by atoms with van der Waals surface area (Å²) in [6.45, 7) is 0.925. The quantitative estimate of drug-likeness (QED) is 0.337. The Labute approximate surface area is 133 Å². The molecule has 0 radical (unpaired) electrons. The fraction of sp³-hybridized carbons (Fsp3) is 0.417. The third-order valence-electron chi connectivity index (χ3n) is 2.82. The summed E-state index contributed by atoms with van der Waals surface area (Å²) in [5.41, 5.74) is -0.745. The molecule has 1 aromatic carbocycles. The summed E-state index contributed by atoms with van der Waals surface area (Å²) in [5, 5.41) is 27.3. The number of hydrogen-bond acceptors (Lipinski definition) is 7. The van der Waals surface area contributed by atoms with Crippen molar-refractivity contribution in [3.63, 3.8) is 0 Å². The number of phenolic OH excluding ortho intramolecular Hbond substituents is 1. The number of benzene rings is 1. The fourth-order valence-corrected chi connectivity index (χ4v) is 2.15. The summed E-state index contributed by atoms with van der Waals surface area (Å²) in [6, 6.07) is 2.08. The lowest BCUT2D eigenvalue weighted by atomic mass is 10.1. The minimum Gasteiger partial charge on any atom is -0.507 e. The number of phenols is 1. The number of hydrogen-bond donors (Lipinski definition) is 4. The van der Waals surface area contributed by atoms with E-state index in [0.717, 1.165) is 19.1 Å². The van der Waals surface area contributed by atoms with Crippen molar-refractivity contribution in [2.75, 3.05) is 0 Å². The first-order valence-electron chi connectivity index (χ1n) is 6.18. The zero-order valence-corrected chi connectivity index (χ0v) is 12.8. The van der Waals surface area contributed by atoms with E-state index in [4.69, 9.17) is 14.8 Å². The van der Waals surface area contributed by atoms with Crippen LogP contribution in [0, 0.1) is 0 Å². The number of halogens is 3. The molecular weight excluding hydrogens is 361 g/mol. The van der Waals surface area contributed by atoms with Crippen molar-refractivity contribution in [2.45, 2.75) is 36.3 Å². The van der Waals surface area contributed by atoms with Crippen molar-refractivity contribution in [1.29, 1.82) is 0 Å². The zero-order valence-electron chi connectivity index (χ0n) is 12.0. The first-order valence-corrected chi connectivity index (χ1v) is 7.62. The van der Waals surface area contributed by atoms with Gasteiger partial charge in [-0.25, -0.2) is 4.79 Å². The normalized spacial score (nSPS) is 14.3. The van der Waals surface area contributed by atoms with Crippen molar-refractivity contribution < 1.29 is 51.0 Å². The van der Waals surface area contributed by atoms with Gasteiger partial charge in [0.25, 0.3) is 15.9 Å². The lowest BCUT2D eigenvalue weighted by Crippen LogP contribution is -2.47. The summed E-state index contributed by atoms with van der Waals surface area (Å²) >= 11 is 0. The highest BCUT2D eigenvalue weighted by atomic mass is 32.2. The Morgan fingerprint density at radius 1 is 1.29 bits per heavy atom. The minimum atomic E-state index is -5.39. The van der Waals surface area contributed by atoms with Gasteiger partial charge in [-0.1, -0.05) is 0 Å². The number of carbonyl (C=O) groups excluding carboxylic acids is 1. The Hall–Kier alpha value is -1.89. The van der Waals surface area contributed by atoms with E-state index in [1.807, 2.05) is 0 Å². The molecule has 0 spiro atoms. The lowest BCUT2D eigenvalue weighted by molar-refractivity contribution is -0.355. The van der Waals surface area contributed by atoms with Crippen LogP contribution in [0.25, 0.3) is 0 Å². The molecule has 0 saturated heterocycles. The highest BCUT2D eigenvalue weighted by molar-refractivity contribution is 7.85. The van der Waals surface area contributed by atoms with Crippen molar-refractivity contribution in [2.24, 2.45) is 0 Å². The van der Waals surface area contributed by atoms with Gasteiger partial charge in [0.2, 0.25) is 0 Å². The Kier molecular flexibility index (Phi) is 5.50. The molecule has 0 bridgehead atoms. The molecule has 0 aromatic heterocycles. The second-order valence-electron chi connectivity index (χ2n) is 4.89. The predicted octanol–water partition coefficient (Wildman–Crippen LogP) is 0.818. The van der Waals surface area contributed by atoms with Crippen molar-refractivity contribution >= 4 is 16.1 Å². The molecular formula is C12H13F3O8S. The summed E-state index contributed by atoms with van der Waals surface area (Å²) in [5.74, 6) is -6.29. The number of aromatic hydroxyl groups is 1. The first-order chi connectivity index (χ1) is 10.6. The second-order valence-corrected chi connectivity index (χ2v) is 6.31. The molecule has 8 nitrogen and oxygen atoms in total. The van der Waals surface area contributed by atoms with E-state index in [2.05, 4.69) is 4.74 Å². The van der Waals surface area contributed by atoms with E-state index >= 15 is 0 Å². The molecule has 0 aliphatic rings. The molecule has 1 rings (SSSR count). The average Bonchev–Trinajstić information content (AvgIpc) is 2.35. The minimum absolute atomic E-state index is 0.550. The molecule has 0 heterocycles. The number of aliphatic hydroxyl groups is 2. The topological polar surface area (TPSA) is 141 Å². The number of ether oxygens (including phenoxy) is 1. The van der Waals surface area contributed by atoms with Crippen molar-refractivity contribution in [1.82, 2.24) is 0 Å². The number of esters is 1. The third kappa shape index (κ3) is 4.80. The Morgan fingerprint density at radius 2 is 1.83 bits per heavy atom. The van der Waals surface area contributed by atoms with Crippen LogP contribution in [0.3, 0.4) is 0 Å². The van der Waals surface area contributed by atoms with Crippen LogP contribution in [0.1, 0.15) is 23.7 Å². The molecule has 1 aromatic rings. The predicted molar refractivity (Wildman–Crippen MR) is 70.6 cm³/mol. The molecule has 1 unspecified atom stereocenters. The Balaban J connectivity index is 2.97. The van der Waals surface area contributed by atoms with E-state index in [1.54, 1.807) is 0 Å². The zero-order chi connectivity index (χ0) is 18.9. The SMILES string of the molecule is CC(CC(O)(O)C(F)(F)F)OC(=O)c1cc(S(=O)(=O)O)ccc1O. The van der Waals surface area contributed by atoms with Crippen LogP contribution in [0.4, 0.5) is 13.2 Å². The first kappa shape index (κ1) is 20.2. The van der Waals surface area contributed by atoms with Gasteiger partial charge in [0, 0.05) is 6.42 Å². The third-order valence-corrected chi connectivity index (χ3v) is 3.67. The highest BCUT2D eigenvalue weighted by Gasteiger charge is 2.53. The molecule has 0 aliphatic carbocycles. The molecule has 0 saturated carbocycles. The van der Waals surface area contributed by atoms with E-state index < -0.39 is 56.8 Å². The van der Waals surface area contributed by atoms with Crippen molar-refractivity contribution in [3.05, 3.63) is 23.8 Å². The van der Waals surface area contributed by atoms with Gasteiger partial charge in [-0.15, -0.1) is 0 Å². The van der Waals surface area contributed by atoms with E-state index in [1.165, 1.54) is 0 Å². The summed E-state index contributed by atoms with van der Waals surface area (Å²) in [6.07, 6.45) is -8.45. The molecule has 4 N–H and O–H groups in total. The van der Waals surface area contributed by atoms with Crippen LogP contribution in [0.2, 0.25) is 0 Å². The van der Waals surface area contributed by atoms with Gasteiger partial charge in [0.1, 0.15) is 17.4 Å². The molecule has 12 heteroatoms. The Morgan fingerprint density at radius 3 is 2.29 bits per heavy atom. The fourth-order valence-electron chi connectivity index (χ4n) is 1.64. The number of alkyl halides is 3. The highest BCUT2D eigenvalue weighted by Crippen LogP contribution is 2.32. The number of carbonyl (C=O) groups is 1. The van der Waals surface area contributed by atoms with Crippen LogP contribution in [-0.2, 0) is 14.9 Å². The second kappa shape index (κ2) is 6.55. The smallest absolute Gasteiger partial charge is 0.442 e. The van der Waals surface area contributed by atoms with Gasteiger partial charge < -0.3 is 20.1 Å². The van der Waals surface area contributed by atoms with Crippen LogP contribution >= 0.6 is 0 Å². The lowest BCUT2D eigenvalue weighted by Gasteiger charge is -2.27. The number of rotatable bonds is 5. The van der Waals surface area contributed by atoms with Gasteiger partial charge in [-0.05, 0) is 25.1 Å². The Bertz CT molecular complexity index is 726. The van der Waals surface area contributed by atoms with E-state index in [-0.39, 0.29) is 0 Å². The van der Waals surface area contributed by atoms with Crippen molar-refractivity contribution in [3.8, 4) is 5.75 Å². The van der Waals surface area contributed by atoms with Crippen LogP contribution < -0.4 is 0 Å². The van der Waals surface area contributed by atoms with Crippen LogP contribution in [0.5, 0.6) is 5.75 Å². The van der Waals surface area contributed by atoms with E-state index in [9.17, 15) is 31.5 Å². The monoisotopic (exact) mass is 374 g/mol. The largest absolute Gasteiger partial charge is 0.507 e. The van der Waals surface area contributed by atoms with Gasteiger partial charge in [-0.3, -0.25) is 4.55 Å². The average molecular weight is 374 g/mol. The molecule has 24 heavy (non-hydrogen) atoms. The van der Waals surface area contributed by atoms with Crippen LogP contribution in [-0.4, -0.2) is 52.3 Å². The van der Waals surface area contributed by atoms with E-state index in [0.29, 0.717) is 6.07 Å². The molecule has 1 atom stereocenters. The molecule has 0 fully saturated rings. The van der Waals surface area contributed by atoms with Crippen LogP contribution in [0.15, 0.2) is 23.1 Å². The summed E-state index contributed by atoms with van der Waals surface area (Å²) < 4.78 is 72.3. The molecule has 0 amide bonds. The van der Waals surface area contributed by atoms with Gasteiger partial charge >= 0.3 is 12.1 Å². The van der Waals surface area contributed by atoms with Gasteiger partial charge in [-0.2, -0.15) is 21.6 Å². The molecule has 0 aliphatic heterocycles.